The van der Waals surface area contributed by atoms with E-state index in [9.17, 15) is 4.79 Å². The molecule has 0 saturated heterocycles. The Kier molecular flexibility index (Phi) is 7.48. The molecule has 0 aromatic rings. The smallest absolute Gasteiger partial charge is 0.222 e. The van der Waals surface area contributed by atoms with Gasteiger partial charge in [0.25, 0.3) is 0 Å². The Hall–Kier alpha value is -0.570. The Labute approximate surface area is 87.6 Å². The van der Waals surface area contributed by atoms with Crippen molar-refractivity contribution in [2.75, 3.05) is 20.1 Å². The number of hydrogen-bond acceptors (Lipinski definition) is 2. The molecule has 3 heteroatoms. The molecular weight excluding hydrogens is 176 g/mol. The van der Waals surface area contributed by atoms with Gasteiger partial charge in [-0.2, -0.15) is 0 Å². The van der Waals surface area contributed by atoms with Gasteiger partial charge in [0.05, 0.1) is 0 Å². The molecule has 0 rings (SSSR count). The molecule has 2 N–H and O–H groups in total. The summed E-state index contributed by atoms with van der Waals surface area (Å²) in [7, 11) is 1.86. The van der Waals surface area contributed by atoms with Gasteiger partial charge in [-0.25, -0.2) is 0 Å². The summed E-state index contributed by atoms with van der Waals surface area (Å²) < 4.78 is 0. The van der Waals surface area contributed by atoms with Gasteiger partial charge in [0.15, 0.2) is 0 Å². The molecule has 0 aliphatic rings. The van der Waals surface area contributed by atoms with Gasteiger partial charge < -0.3 is 10.6 Å². The van der Waals surface area contributed by atoms with E-state index in [1.165, 1.54) is 0 Å². The van der Waals surface area contributed by atoms with Crippen LogP contribution in [0.15, 0.2) is 0 Å². The number of amides is 1. The van der Waals surface area contributed by atoms with Crippen molar-refractivity contribution in [1.82, 2.24) is 4.90 Å². The highest BCUT2D eigenvalue weighted by atomic mass is 16.2. The van der Waals surface area contributed by atoms with Crippen molar-refractivity contribution in [2.24, 2.45) is 11.7 Å². The topological polar surface area (TPSA) is 46.3 Å². The van der Waals surface area contributed by atoms with Crippen LogP contribution in [0, 0.1) is 5.92 Å². The van der Waals surface area contributed by atoms with Crippen molar-refractivity contribution < 1.29 is 4.79 Å². The van der Waals surface area contributed by atoms with E-state index < -0.39 is 0 Å². The first-order valence-electron chi connectivity index (χ1n) is 5.55. The minimum absolute atomic E-state index is 0.249. The number of nitrogens with zero attached hydrogens (tertiary/aromatic N) is 1. The minimum atomic E-state index is 0.249. The van der Waals surface area contributed by atoms with Crippen LogP contribution in [-0.2, 0) is 4.79 Å². The second-order valence-corrected chi connectivity index (χ2v) is 4.07. The third-order valence-electron chi connectivity index (χ3n) is 2.41. The second kappa shape index (κ2) is 7.80. The molecule has 0 aliphatic carbocycles. The number of hydrogen-bond donors (Lipinski definition) is 1. The molecule has 1 atom stereocenters. The van der Waals surface area contributed by atoms with Crippen molar-refractivity contribution in [1.29, 1.82) is 0 Å². The maximum atomic E-state index is 11.6. The van der Waals surface area contributed by atoms with E-state index in [0.717, 1.165) is 25.8 Å². The Morgan fingerprint density at radius 2 is 2.07 bits per heavy atom. The normalized spacial score (nSPS) is 12.6. The Balaban J connectivity index is 3.64. The van der Waals surface area contributed by atoms with Gasteiger partial charge in [-0.05, 0) is 18.9 Å². The van der Waals surface area contributed by atoms with Gasteiger partial charge >= 0.3 is 0 Å². The molecule has 1 unspecified atom stereocenters. The van der Waals surface area contributed by atoms with Crippen molar-refractivity contribution in [2.45, 2.75) is 39.5 Å². The van der Waals surface area contributed by atoms with Crippen LogP contribution in [0.1, 0.15) is 39.5 Å². The predicted molar refractivity (Wildman–Crippen MR) is 60.0 cm³/mol. The summed E-state index contributed by atoms with van der Waals surface area (Å²) in [6.07, 6.45) is 4.00. The zero-order valence-electron chi connectivity index (χ0n) is 9.75. The molecule has 3 nitrogen and oxygen atoms in total. The predicted octanol–water partition coefficient (Wildman–Crippen LogP) is 1.62. The van der Waals surface area contributed by atoms with Gasteiger partial charge in [-0.15, -0.1) is 0 Å². The first kappa shape index (κ1) is 13.4. The molecule has 0 fully saturated rings. The molecule has 1 amide bonds. The molecule has 0 aliphatic heterocycles. The van der Waals surface area contributed by atoms with Crippen molar-refractivity contribution in [3.8, 4) is 0 Å². The molecule has 0 aromatic heterocycles. The third kappa shape index (κ3) is 5.97. The minimum Gasteiger partial charge on any atom is -0.345 e. The Morgan fingerprint density at radius 3 is 2.57 bits per heavy atom. The number of carbonyl (C=O) groups is 1. The fraction of sp³-hybridized carbons (Fsp3) is 0.909. The third-order valence-corrected chi connectivity index (χ3v) is 2.41. The molecule has 14 heavy (non-hydrogen) atoms. The summed E-state index contributed by atoms with van der Waals surface area (Å²) in [6, 6.07) is 0. The van der Waals surface area contributed by atoms with Crippen LogP contribution < -0.4 is 5.73 Å². The molecule has 0 radical (unpaired) electrons. The summed E-state index contributed by atoms with van der Waals surface area (Å²) >= 11 is 0. The van der Waals surface area contributed by atoms with Gasteiger partial charge in [0.1, 0.15) is 0 Å². The van der Waals surface area contributed by atoms with Crippen molar-refractivity contribution in [3.63, 3.8) is 0 Å². The van der Waals surface area contributed by atoms with Crippen LogP contribution in [0.25, 0.3) is 0 Å². The Bertz CT molecular complexity index is 159. The van der Waals surface area contributed by atoms with Crippen molar-refractivity contribution in [3.05, 3.63) is 0 Å². The fourth-order valence-corrected chi connectivity index (χ4v) is 1.36. The van der Waals surface area contributed by atoms with E-state index in [1.54, 1.807) is 4.90 Å². The van der Waals surface area contributed by atoms with Crippen molar-refractivity contribution >= 4 is 5.91 Å². The highest BCUT2D eigenvalue weighted by Gasteiger charge is 2.10. The van der Waals surface area contributed by atoms with Crippen LogP contribution >= 0.6 is 0 Å². The molecule has 0 aromatic carbocycles. The molecule has 0 bridgehead atoms. The number of carbonyl (C=O) groups excluding carboxylic acids is 1. The quantitative estimate of drug-likeness (QED) is 0.635. The molecule has 84 valence electrons. The second-order valence-electron chi connectivity index (χ2n) is 4.07. The zero-order chi connectivity index (χ0) is 11.0. The van der Waals surface area contributed by atoms with Gasteiger partial charge in [0, 0.05) is 20.0 Å². The van der Waals surface area contributed by atoms with Crippen LogP contribution in [0.2, 0.25) is 0 Å². The number of unbranched alkanes of at least 4 members (excludes halogenated alkanes) is 2. The van der Waals surface area contributed by atoms with Gasteiger partial charge in [-0.1, -0.05) is 26.7 Å². The Morgan fingerprint density at radius 1 is 1.43 bits per heavy atom. The average molecular weight is 200 g/mol. The van der Waals surface area contributed by atoms with Crippen LogP contribution in [0.4, 0.5) is 0 Å². The maximum Gasteiger partial charge on any atom is 0.222 e. The van der Waals surface area contributed by atoms with Crippen LogP contribution in [-0.4, -0.2) is 30.9 Å². The highest BCUT2D eigenvalue weighted by molar-refractivity contribution is 5.75. The zero-order valence-corrected chi connectivity index (χ0v) is 9.75. The first-order valence-corrected chi connectivity index (χ1v) is 5.55. The summed E-state index contributed by atoms with van der Waals surface area (Å²) in [6.45, 7) is 5.63. The van der Waals surface area contributed by atoms with E-state index in [-0.39, 0.29) is 5.91 Å². The lowest BCUT2D eigenvalue weighted by Gasteiger charge is -2.20. The van der Waals surface area contributed by atoms with E-state index in [4.69, 9.17) is 5.73 Å². The largest absolute Gasteiger partial charge is 0.345 e. The highest BCUT2D eigenvalue weighted by Crippen LogP contribution is 2.03. The summed E-state index contributed by atoms with van der Waals surface area (Å²) in [5.41, 5.74) is 5.50. The maximum absolute atomic E-state index is 11.6. The monoisotopic (exact) mass is 200 g/mol. The lowest BCUT2D eigenvalue weighted by atomic mass is 10.1. The van der Waals surface area contributed by atoms with E-state index in [0.29, 0.717) is 18.9 Å². The summed E-state index contributed by atoms with van der Waals surface area (Å²) in [5, 5.41) is 0. The lowest BCUT2D eigenvalue weighted by molar-refractivity contribution is -0.130. The summed E-state index contributed by atoms with van der Waals surface area (Å²) in [5.74, 6) is 0.647. The van der Waals surface area contributed by atoms with Crippen LogP contribution in [0.5, 0.6) is 0 Å². The van der Waals surface area contributed by atoms with Gasteiger partial charge in [-0.3, -0.25) is 4.79 Å². The van der Waals surface area contributed by atoms with E-state index >= 15 is 0 Å². The van der Waals surface area contributed by atoms with Crippen LogP contribution in [0.3, 0.4) is 0 Å². The van der Waals surface area contributed by atoms with Gasteiger partial charge in [0.2, 0.25) is 5.91 Å². The lowest BCUT2D eigenvalue weighted by Crippen LogP contribution is -2.33. The fourth-order valence-electron chi connectivity index (χ4n) is 1.36. The number of nitrogens with two attached hydrogens (primary N) is 1. The SMILES string of the molecule is CCCCCC(=O)N(C)CC(C)CN. The number of rotatable bonds is 7. The average Bonchev–Trinajstić information content (AvgIpc) is 2.17. The molecule has 0 spiro atoms. The van der Waals surface area contributed by atoms with E-state index in [1.807, 2.05) is 7.05 Å². The first-order chi connectivity index (χ1) is 6.61. The molecule has 0 heterocycles. The van der Waals surface area contributed by atoms with E-state index in [2.05, 4.69) is 13.8 Å². The standard InChI is InChI=1S/C11H24N2O/c1-4-5-6-7-11(14)13(3)9-10(2)8-12/h10H,4-9,12H2,1-3H3. The molecule has 0 saturated carbocycles. The summed E-state index contributed by atoms with van der Waals surface area (Å²) in [4.78, 5) is 13.4. The molecular formula is C11H24N2O.